The minimum Gasteiger partial charge on any atom is -0.493 e. The highest BCUT2D eigenvalue weighted by Crippen LogP contribution is 2.28. The van der Waals surface area contributed by atoms with Crippen molar-refractivity contribution in [3.63, 3.8) is 0 Å². The molecule has 0 N–H and O–H groups in total. The van der Waals surface area contributed by atoms with Gasteiger partial charge in [0.2, 0.25) is 0 Å². The second-order valence-corrected chi connectivity index (χ2v) is 5.79. The number of ether oxygens (including phenoxy) is 2. The highest BCUT2D eigenvalue weighted by atomic mass is 16.5. The maximum Gasteiger partial charge on any atom is 0.160 e. The highest BCUT2D eigenvalue weighted by Gasteiger charge is 2.07. The number of hydrogen-bond acceptors (Lipinski definition) is 4. The summed E-state index contributed by atoms with van der Waals surface area (Å²) >= 11 is 0. The van der Waals surface area contributed by atoms with Crippen LogP contribution in [0.5, 0.6) is 11.5 Å². The van der Waals surface area contributed by atoms with Crippen molar-refractivity contribution in [3.8, 4) is 11.5 Å². The number of nitrogens with zero attached hydrogens (tertiary/aromatic N) is 2. The number of aromatic nitrogens is 1. The van der Waals surface area contributed by atoms with E-state index in [0.717, 1.165) is 40.6 Å². The normalized spacial score (nSPS) is 10.4. The molecule has 0 aliphatic heterocycles. The molecule has 25 heavy (non-hydrogen) atoms. The number of rotatable bonds is 6. The Morgan fingerprint density at radius 1 is 0.840 bits per heavy atom. The highest BCUT2D eigenvalue weighted by molar-refractivity contribution is 5.58. The molecular formula is C21H22N2O2. The second kappa shape index (κ2) is 7.71. The van der Waals surface area contributed by atoms with Gasteiger partial charge in [0.1, 0.15) is 5.82 Å². The van der Waals surface area contributed by atoms with E-state index in [1.54, 1.807) is 14.2 Å². The zero-order chi connectivity index (χ0) is 17.6. The summed E-state index contributed by atoms with van der Waals surface area (Å²) in [5.41, 5.74) is 3.42. The first kappa shape index (κ1) is 16.8. The number of anilines is 2. The van der Waals surface area contributed by atoms with Crippen LogP contribution in [0.3, 0.4) is 0 Å². The van der Waals surface area contributed by atoms with Gasteiger partial charge in [0.25, 0.3) is 0 Å². The molecule has 0 unspecified atom stereocenters. The number of pyridine rings is 1. The monoisotopic (exact) mass is 334 g/mol. The van der Waals surface area contributed by atoms with E-state index >= 15 is 0 Å². The van der Waals surface area contributed by atoms with Crippen molar-refractivity contribution in [2.75, 3.05) is 26.2 Å². The van der Waals surface area contributed by atoms with Gasteiger partial charge in [-0.2, -0.15) is 0 Å². The van der Waals surface area contributed by atoms with Crippen LogP contribution >= 0.6 is 0 Å². The van der Waals surface area contributed by atoms with E-state index in [9.17, 15) is 0 Å². The maximum absolute atomic E-state index is 5.37. The molecule has 4 nitrogen and oxygen atoms in total. The molecule has 0 aliphatic rings. The smallest absolute Gasteiger partial charge is 0.160 e. The SMILES string of the molecule is COc1ccc(Cc2ccc(N(C)c3ccccc3)nc2)cc1OC. The van der Waals surface area contributed by atoms with Gasteiger partial charge in [0, 0.05) is 18.9 Å². The van der Waals surface area contributed by atoms with Gasteiger partial charge in [-0.15, -0.1) is 0 Å². The molecule has 0 aliphatic carbocycles. The molecule has 3 aromatic rings. The molecule has 0 saturated heterocycles. The first-order valence-corrected chi connectivity index (χ1v) is 8.16. The van der Waals surface area contributed by atoms with Crippen molar-refractivity contribution >= 4 is 11.5 Å². The van der Waals surface area contributed by atoms with E-state index in [4.69, 9.17) is 9.47 Å². The van der Waals surface area contributed by atoms with Crippen molar-refractivity contribution in [2.45, 2.75) is 6.42 Å². The summed E-state index contributed by atoms with van der Waals surface area (Å²) in [6.07, 6.45) is 2.72. The number of para-hydroxylation sites is 1. The van der Waals surface area contributed by atoms with Gasteiger partial charge >= 0.3 is 0 Å². The van der Waals surface area contributed by atoms with Crippen LogP contribution in [0.4, 0.5) is 11.5 Å². The Hall–Kier alpha value is -3.01. The van der Waals surface area contributed by atoms with Gasteiger partial charge in [-0.05, 0) is 47.9 Å². The van der Waals surface area contributed by atoms with Crippen LogP contribution in [0, 0.1) is 0 Å². The largest absolute Gasteiger partial charge is 0.493 e. The Labute approximate surface area is 148 Å². The molecule has 0 atom stereocenters. The zero-order valence-corrected chi connectivity index (χ0v) is 14.8. The lowest BCUT2D eigenvalue weighted by Gasteiger charge is -2.18. The van der Waals surface area contributed by atoms with Crippen molar-refractivity contribution in [2.24, 2.45) is 0 Å². The Morgan fingerprint density at radius 3 is 2.20 bits per heavy atom. The molecule has 0 bridgehead atoms. The Balaban J connectivity index is 1.75. The molecule has 0 radical (unpaired) electrons. The Bertz CT molecular complexity index is 817. The molecule has 0 saturated carbocycles. The standard InChI is InChI=1S/C21H22N2O2/c1-23(18-7-5-4-6-8-18)21-12-10-17(15-22-21)13-16-9-11-19(24-2)20(14-16)25-3/h4-12,14-15H,13H2,1-3H3. The third-order valence-electron chi connectivity index (χ3n) is 4.15. The molecule has 0 spiro atoms. The van der Waals surface area contributed by atoms with Crippen LogP contribution in [0.1, 0.15) is 11.1 Å². The van der Waals surface area contributed by atoms with E-state index in [-0.39, 0.29) is 0 Å². The zero-order valence-electron chi connectivity index (χ0n) is 14.8. The summed E-state index contributed by atoms with van der Waals surface area (Å²) in [6.45, 7) is 0. The topological polar surface area (TPSA) is 34.6 Å². The average Bonchev–Trinajstić information content (AvgIpc) is 2.68. The lowest BCUT2D eigenvalue weighted by atomic mass is 10.1. The van der Waals surface area contributed by atoms with Gasteiger partial charge in [0.05, 0.1) is 14.2 Å². The molecule has 0 fully saturated rings. The third-order valence-corrected chi connectivity index (χ3v) is 4.15. The molecule has 1 heterocycles. The molecule has 1 aromatic heterocycles. The van der Waals surface area contributed by atoms with Crippen molar-refractivity contribution in [1.29, 1.82) is 0 Å². The van der Waals surface area contributed by atoms with Gasteiger partial charge in [-0.1, -0.05) is 30.3 Å². The first-order valence-electron chi connectivity index (χ1n) is 8.16. The fraction of sp³-hybridized carbons (Fsp3) is 0.190. The molecule has 128 valence electrons. The molecule has 0 amide bonds. The number of methoxy groups -OCH3 is 2. The minimum atomic E-state index is 0.740. The summed E-state index contributed by atoms with van der Waals surface area (Å²) in [5, 5.41) is 0. The van der Waals surface area contributed by atoms with Crippen molar-refractivity contribution < 1.29 is 9.47 Å². The Morgan fingerprint density at radius 2 is 1.56 bits per heavy atom. The minimum absolute atomic E-state index is 0.740. The van der Waals surface area contributed by atoms with Gasteiger partial charge < -0.3 is 14.4 Å². The summed E-state index contributed by atoms with van der Waals surface area (Å²) in [7, 11) is 5.31. The van der Waals surface area contributed by atoms with Crippen molar-refractivity contribution in [1.82, 2.24) is 4.98 Å². The lowest BCUT2D eigenvalue weighted by Crippen LogP contribution is -2.10. The molecule has 3 rings (SSSR count). The summed E-state index contributed by atoms with van der Waals surface area (Å²) in [6, 6.07) is 20.3. The van der Waals surface area contributed by atoms with Crippen LogP contribution in [-0.2, 0) is 6.42 Å². The van der Waals surface area contributed by atoms with Crippen molar-refractivity contribution in [3.05, 3.63) is 78.0 Å². The van der Waals surface area contributed by atoms with Crippen LogP contribution in [0.25, 0.3) is 0 Å². The first-order chi connectivity index (χ1) is 12.2. The van der Waals surface area contributed by atoms with E-state index in [0.29, 0.717) is 0 Å². The Kier molecular flexibility index (Phi) is 5.19. The summed E-state index contributed by atoms with van der Waals surface area (Å²) in [5.74, 6) is 2.40. The van der Waals surface area contributed by atoms with Crippen LogP contribution in [-0.4, -0.2) is 26.3 Å². The molecular weight excluding hydrogens is 312 g/mol. The van der Waals surface area contributed by atoms with Crippen LogP contribution in [0.15, 0.2) is 66.9 Å². The lowest BCUT2D eigenvalue weighted by molar-refractivity contribution is 0.354. The van der Waals surface area contributed by atoms with E-state index < -0.39 is 0 Å². The van der Waals surface area contributed by atoms with E-state index in [1.807, 2.05) is 55.7 Å². The van der Waals surface area contributed by atoms with E-state index in [2.05, 4.69) is 28.1 Å². The quantitative estimate of drug-likeness (QED) is 0.667. The number of hydrogen-bond donors (Lipinski definition) is 0. The third kappa shape index (κ3) is 3.91. The predicted octanol–water partition coefficient (Wildman–Crippen LogP) is 4.46. The molecule has 4 heteroatoms. The maximum atomic E-state index is 5.37. The van der Waals surface area contributed by atoms with Gasteiger partial charge in [-0.3, -0.25) is 0 Å². The average molecular weight is 334 g/mol. The second-order valence-electron chi connectivity index (χ2n) is 5.79. The molecule has 2 aromatic carbocycles. The van der Waals surface area contributed by atoms with Crippen LogP contribution in [0.2, 0.25) is 0 Å². The fourth-order valence-corrected chi connectivity index (χ4v) is 2.73. The number of benzene rings is 2. The van der Waals surface area contributed by atoms with Gasteiger partial charge in [-0.25, -0.2) is 4.98 Å². The van der Waals surface area contributed by atoms with E-state index in [1.165, 1.54) is 0 Å². The fourth-order valence-electron chi connectivity index (χ4n) is 2.73. The van der Waals surface area contributed by atoms with Crippen LogP contribution < -0.4 is 14.4 Å². The summed E-state index contributed by atoms with van der Waals surface area (Å²) in [4.78, 5) is 6.67. The summed E-state index contributed by atoms with van der Waals surface area (Å²) < 4.78 is 10.6. The van der Waals surface area contributed by atoms with Gasteiger partial charge in [0.15, 0.2) is 11.5 Å². The predicted molar refractivity (Wildman–Crippen MR) is 101 cm³/mol.